The zero-order valence-corrected chi connectivity index (χ0v) is 11.1. The molecule has 3 atom stereocenters. The van der Waals surface area contributed by atoms with Crippen molar-refractivity contribution >= 4 is 30.5 Å². The highest BCUT2D eigenvalue weighted by molar-refractivity contribution is 7.80. The Morgan fingerprint density at radius 1 is 1.26 bits per heavy atom. The van der Waals surface area contributed by atoms with Gasteiger partial charge in [-0.15, -0.1) is 5.06 Å². The van der Waals surface area contributed by atoms with Crippen molar-refractivity contribution in [2.45, 2.75) is 24.7 Å². The van der Waals surface area contributed by atoms with Gasteiger partial charge in [0.25, 0.3) is 0 Å². The minimum Gasteiger partial charge on any atom is -0.480 e. The maximum atomic E-state index is 11.3. The van der Waals surface area contributed by atoms with Gasteiger partial charge >= 0.3 is 17.9 Å². The molecule has 0 aromatic heterocycles. The van der Waals surface area contributed by atoms with Crippen LogP contribution in [-0.2, 0) is 19.2 Å². The molecule has 0 aromatic rings. The number of aliphatic hydroxyl groups is 2. The lowest BCUT2D eigenvalue weighted by Gasteiger charge is -2.32. The summed E-state index contributed by atoms with van der Waals surface area (Å²) >= 11 is 3.81. The van der Waals surface area contributed by atoms with E-state index in [1.807, 2.05) is 0 Å². The molecule has 0 aromatic carbocycles. The third kappa shape index (κ3) is 4.06. The molecule has 19 heavy (non-hydrogen) atoms. The van der Waals surface area contributed by atoms with Crippen molar-refractivity contribution in [2.24, 2.45) is 0 Å². The molecule has 9 nitrogen and oxygen atoms in total. The number of hydroxylamine groups is 2. The van der Waals surface area contributed by atoms with Gasteiger partial charge < -0.3 is 25.3 Å². The number of carboxylic acid groups (broad SMARTS) is 2. The lowest BCUT2D eigenvalue weighted by atomic mass is 10.1. The van der Waals surface area contributed by atoms with Gasteiger partial charge in [0.15, 0.2) is 17.7 Å². The molecule has 0 aliphatic heterocycles. The second-order valence-electron chi connectivity index (χ2n) is 3.87. The summed E-state index contributed by atoms with van der Waals surface area (Å²) in [7, 11) is 1.10. The van der Waals surface area contributed by atoms with Gasteiger partial charge in [0.1, 0.15) is 0 Å². The summed E-state index contributed by atoms with van der Waals surface area (Å²) < 4.78 is 0. The predicted molar refractivity (Wildman–Crippen MR) is 63.4 cm³/mol. The number of nitrogens with zero attached hydrogens (tertiary/aromatic N) is 1. The van der Waals surface area contributed by atoms with Crippen molar-refractivity contribution in [3.63, 3.8) is 0 Å². The van der Waals surface area contributed by atoms with Crippen molar-refractivity contribution in [1.82, 2.24) is 5.06 Å². The number of likely N-dealkylation sites (N-methyl/N-ethyl adjacent to an activating group) is 1. The van der Waals surface area contributed by atoms with Gasteiger partial charge in [0.05, 0.1) is 0 Å². The molecule has 0 rings (SSSR count). The molecule has 0 aliphatic rings. The van der Waals surface area contributed by atoms with Crippen molar-refractivity contribution in [2.75, 3.05) is 12.8 Å². The van der Waals surface area contributed by atoms with E-state index in [1.165, 1.54) is 6.92 Å². The van der Waals surface area contributed by atoms with Crippen molar-refractivity contribution in [1.29, 1.82) is 0 Å². The van der Waals surface area contributed by atoms with Crippen LogP contribution in [0.3, 0.4) is 0 Å². The van der Waals surface area contributed by atoms with Crippen LogP contribution in [0, 0.1) is 0 Å². The Morgan fingerprint density at radius 3 is 2.05 bits per heavy atom. The zero-order chi connectivity index (χ0) is 15.4. The maximum absolute atomic E-state index is 11.3. The van der Waals surface area contributed by atoms with Crippen LogP contribution >= 0.6 is 12.6 Å². The highest BCUT2D eigenvalue weighted by atomic mass is 32.1. The number of aliphatic carboxylic acids is 2. The average Bonchev–Trinajstić information content (AvgIpc) is 2.34. The summed E-state index contributed by atoms with van der Waals surface area (Å²) in [6.45, 7) is 1.20. The van der Waals surface area contributed by atoms with Crippen LogP contribution in [-0.4, -0.2) is 73.9 Å². The van der Waals surface area contributed by atoms with E-state index in [0.29, 0.717) is 5.06 Å². The second kappa shape index (κ2) is 6.70. The Bertz CT molecular complexity index is 375. The maximum Gasteiger partial charge on any atom is 0.357 e. The molecule has 0 fully saturated rings. The summed E-state index contributed by atoms with van der Waals surface area (Å²) in [6, 6.07) is 0. The van der Waals surface area contributed by atoms with Gasteiger partial charge in [-0.25, -0.2) is 9.59 Å². The van der Waals surface area contributed by atoms with Gasteiger partial charge in [-0.05, 0) is 6.92 Å². The topological polar surface area (TPSA) is 145 Å². The Kier molecular flexibility index (Phi) is 6.22. The lowest BCUT2D eigenvalue weighted by molar-refractivity contribution is -0.223. The molecule has 0 saturated heterocycles. The highest BCUT2D eigenvalue weighted by Crippen LogP contribution is 2.16. The Labute approximate surface area is 113 Å². The highest BCUT2D eigenvalue weighted by Gasteiger charge is 2.41. The minimum atomic E-state index is -2.37. The standard InChI is InChI=1S/C9H15NO8S/c1-9(3-19,8(16)17)10(2)18-7(15)5(12)4(11)6(13)14/h4-5,11-12,19H,3H2,1-2H3,(H,13,14)(H,16,17)/t4?,5?,9-/m0/s1. The SMILES string of the molecule is CN(OC(=O)C(O)C(O)C(=O)O)[C@@](C)(CS)C(=O)O. The summed E-state index contributed by atoms with van der Waals surface area (Å²) in [5.41, 5.74) is -1.67. The number of thiol groups is 1. The first-order valence-corrected chi connectivity index (χ1v) is 5.60. The average molecular weight is 297 g/mol. The number of hydrogen-bond acceptors (Lipinski definition) is 8. The fourth-order valence-corrected chi connectivity index (χ4v) is 1.19. The third-order valence-corrected chi connectivity index (χ3v) is 3.10. The van der Waals surface area contributed by atoms with E-state index in [4.69, 9.17) is 15.3 Å². The number of aliphatic hydroxyl groups excluding tert-OH is 2. The van der Waals surface area contributed by atoms with E-state index < -0.39 is 35.7 Å². The molecule has 4 N–H and O–H groups in total. The quantitative estimate of drug-likeness (QED) is 0.265. The molecule has 0 bridgehead atoms. The molecule has 0 amide bonds. The predicted octanol–water partition coefficient (Wildman–Crippen LogP) is -2.04. The van der Waals surface area contributed by atoms with Crippen LogP contribution in [0.2, 0.25) is 0 Å². The first-order valence-electron chi connectivity index (χ1n) is 4.96. The number of hydrogen-bond donors (Lipinski definition) is 5. The summed E-state index contributed by atoms with van der Waals surface area (Å²) in [4.78, 5) is 37.2. The molecule has 10 heteroatoms. The molecule has 0 radical (unpaired) electrons. The number of carbonyl (C=O) groups is 3. The Balaban J connectivity index is 4.82. The summed E-state index contributed by atoms with van der Waals surface area (Å²) in [5, 5.41) is 36.1. The van der Waals surface area contributed by atoms with Crippen LogP contribution in [0.1, 0.15) is 6.92 Å². The van der Waals surface area contributed by atoms with Gasteiger partial charge in [-0.1, -0.05) is 0 Å². The Hall–Kier alpha value is -1.36. The molecule has 0 aliphatic carbocycles. The van der Waals surface area contributed by atoms with Gasteiger partial charge in [0.2, 0.25) is 0 Å². The summed E-state index contributed by atoms with van der Waals surface area (Å²) in [6.07, 6.45) is -4.70. The van der Waals surface area contributed by atoms with Crippen LogP contribution in [0.5, 0.6) is 0 Å². The van der Waals surface area contributed by atoms with E-state index in [1.54, 1.807) is 0 Å². The molecule has 2 unspecified atom stereocenters. The van der Waals surface area contributed by atoms with E-state index >= 15 is 0 Å². The van der Waals surface area contributed by atoms with Gasteiger partial charge in [-0.2, -0.15) is 12.6 Å². The van der Waals surface area contributed by atoms with Crippen LogP contribution < -0.4 is 0 Å². The fraction of sp³-hybridized carbons (Fsp3) is 0.667. The molecule has 110 valence electrons. The lowest BCUT2D eigenvalue weighted by Crippen LogP contribution is -2.54. The van der Waals surface area contributed by atoms with Crippen molar-refractivity contribution in [3.8, 4) is 0 Å². The van der Waals surface area contributed by atoms with Crippen molar-refractivity contribution in [3.05, 3.63) is 0 Å². The molecule has 0 spiro atoms. The smallest absolute Gasteiger partial charge is 0.357 e. The van der Waals surface area contributed by atoms with Crippen LogP contribution in [0.15, 0.2) is 0 Å². The van der Waals surface area contributed by atoms with Crippen molar-refractivity contribution < 1.29 is 39.6 Å². The van der Waals surface area contributed by atoms with E-state index in [-0.39, 0.29) is 5.75 Å². The second-order valence-corrected chi connectivity index (χ2v) is 4.19. The van der Waals surface area contributed by atoms with E-state index in [2.05, 4.69) is 17.5 Å². The fourth-order valence-electron chi connectivity index (χ4n) is 0.856. The number of carbonyl (C=O) groups excluding carboxylic acids is 1. The van der Waals surface area contributed by atoms with Crippen LogP contribution in [0.25, 0.3) is 0 Å². The van der Waals surface area contributed by atoms with Crippen LogP contribution in [0.4, 0.5) is 0 Å². The normalized spacial score (nSPS) is 17.4. The minimum absolute atomic E-state index is 0.219. The zero-order valence-electron chi connectivity index (χ0n) is 10.2. The largest absolute Gasteiger partial charge is 0.480 e. The third-order valence-electron chi connectivity index (χ3n) is 2.48. The first-order chi connectivity index (χ1) is 8.57. The summed E-state index contributed by atoms with van der Waals surface area (Å²) in [5.74, 6) is -4.87. The van der Waals surface area contributed by atoms with E-state index in [9.17, 15) is 19.5 Å². The monoisotopic (exact) mass is 297 g/mol. The molecular formula is C9H15NO8S. The Morgan fingerprint density at radius 2 is 1.74 bits per heavy atom. The number of carboxylic acids is 2. The number of rotatable bonds is 7. The molecule has 0 heterocycles. The molecular weight excluding hydrogens is 282 g/mol. The van der Waals surface area contributed by atoms with Gasteiger partial charge in [0, 0.05) is 12.8 Å². The first kappa shape index (κ1) is 17.6. The molecule has 0 saturated carbocycles. The van der Waals surface area contributed by atoms with Gasteiger partial charge in [-0.3, -0.25) is 4.79 Å². The van der Waals surface area contributed by atoms with E-state index in [0.717, 1.165) is 7.05 Å².